The largest absolute Gasteiger partial charge is 0.468 e. The van der Waals surface area contributed by atoms with Gasteiger partial charge in [0.2, 0.25) is 0 Å². The molecular formula is C16H32N2O3. The zero-order valence-corrected chi connectivity index (χ0v) is 14.3. The van der Waals surface area contributed by atoms with Gasteiger partial charge >= 0.3 is 5.97 Å². The molecular weight excluding hydrogens is 268 g/mol. The van der Waals surface area contributed by atoms with E-state index in [-0.39, 0.29) is 12.1 Å². The topological polar surface area (TPSA) is 50.8 Å². The molecule has 0 aliphatic heterocycles. The number of esters is 1. The molecule has 0 radical (unpaired) electrons. The second-order valence-corrected chi connectivity index (χ2v) is 6.31. The lowest BCUT2D eigenvalue weighted by atomic mass is 9.84. The summed E-state index contributed by atoms with van der Waals surface area (Å²) >= 11 is 0. The monoisotopic (exact) mass is 300 g/mol. The normalized spacial score (nSPS) is 25.8. The first-order valence-corrected chi connectivity index (χ1v) is 8.03. The first-order chi connectivity index (χ1) is 9.96. The van der Waals surface area contributed by atoms with Crippen LogP contribution < -0.4 is 5.32 Å². The van der Waals surface area contributed by atoms with Crippen molar-refractivity contribution < 1.29 is 14.3 Å². The third-order valence-electron chi connectivity index (χ3n) is 4.60. The van der Waals surface area contributed by atoms with E-state index in [4.69, 9.17) is 9.47 Å². The molecule has 1 aliphatic rings. The van der Waals surface area contributed by atoms with Crippen molar-refractivity contribution in [1.29, 1.82) is 0 Å². The Labute approximate surface area is 129 Å². The van der Waals surface area contributed by atoms with Gasteiger partial charge in [-0.2, -0.15) is 0 Å². The Balaban J connectivity index is 2.44. The Morgan fingerprint density at radius 2 is 2.14 bits per heavy atom. The molecule has 0 heterocycles. The number of nitrogens with zero attached hydrogens (tertiary/aromatic N) is 1. The van der Waals surface area contributed by atoms with Gasteiger partial charge in [-0.3, -0.25) is 4.79 Å². The van der Waals surface area contributed by atoms with Crippen molar-refractivity contribution >= 4 is 5.97 Å². The fraction of sp³-hybridized carbons (Fsp3) is 0.938. The van der Waals surface area contributed by atoms with Crippen LogP contribution in [-0.4, -0.2) is 63.4 Å². The first-order valence-electron chi connectivity index (χ1n) is 8.03. The summed E-state index contributed by atoms with van der Waals surface area (Å²) in [5.74, 6) is 0.238. The van der Waals surface area contributed by atoms with Gasteiger partial charge in [-0.05, 0) is 59.7 Å². The fourth-order valence-corrected chi connectivity index (χ4v) is 3.28. The van der Waals surface area contributed by atoms with Gasteiger partial charge in [-0.15, -0.1) is 0 Å². The van der Waals surface area contributed by atoms with Gasteiger partial charge in [0.05, 0.1) is 19.8 Å². The molecule has 0 bridgehead atoms. The summed E-state index contributed by atoms with van der Waals surface area (Å²) in [6.07, 6.45) is 4.34. The minimum Gasteiger partial charge on any atom is -0.468 e. The maximum absolute atomic E-state index is 12.2. The minimum atomic E-state index is -0.482. The average molecular weight is 300 g/mol. The van der Waals surface area contributed by atoms with Crippen LogP contribution in [0, 0.1) is 5.92 Å². The summed E-state index contributed by atoms with van der Waals surface area (Å²) in [5, 5.41) is 3.24. The van der Waals surface area contributed by atoms with Crippen molar-refractivity contribution in [2.24, 2.45) is 5.92 Å². The Hall–Kier alpha value is -0.650. The van der Waals surface area contributed by atoms with Crippen molar-refractivity contribution in [3.8, 4) is 0 Å². The summed E-state index contributed by atoms with van der Waals surface area (Å²) in [6.45, 7) is 6.77. The van der Waals surface area contributed by atoms with E-state index in [1.165, 1.54) is 7.11 Å². The Kier molecular flexibility index (Phi) is 7.63. The minimum absolute atomic E-state index is 0.113. The van der Waals surface area contributed by atoms with Crippen LogP contribution in [0.3, 0.4) is 0 Å². The van der Waals surface area contributed by atoms with Crippen LogP contribution >= 0.6 is 0 Å². The molecule has 0 spiro atoms. The molecule has 0 aromatic carbocycles. The summed E-state index contributed by atoms with van der Waals surface area (Å²) in [6, 6.07) is 0. The predicted molar refractivity (Wildman–Crippen MR) is 84.3 cm³/mol. The van der Waals surface area contributed by atoms with Crippen LogP contribution in [0.2, 0.25) is 0 Å². The Morgan fingerprint density at radius 3 is 2.71 bits per heavy atom. The van der Waals surface area contributed by atoms with E-state index in [0.29, 0.717) is 5.92 Å². The van der Waals surface area contributed by atoms with Crippen LogP contribution in [0.1, 0.15) is 39.5 Å². The van der Waals surface area contributed by atoms with Gasteiger partial charge in [0.25, 0.3) is 0 Å². The molecule has 1 aliphatic carbocycles. The molecule has 5 nitrogen and oxygen atoms in total. The molecule has 1 N–H and O–H groups in total. The van der Waals surface area contributed by atoms with Gasteiger partial charge in [0.15, 0.2) is 0 Å². The Bertz CT molecular complexity index is 323. The number of likely N-dealkylation sites (N-methyl/N-ethyl adjacent to an activating group) is 2. The van der Waals surface area contributed by atoms with E-state index in [0.717, 1.165) is 45.4 Å². The van der Waals surface area contributed by atoms with Crippen LogP contribution in [0.25, 0.3) is 0 Å². The number of methoxy groups -OCH3 is 1. The Morgan fingerprint density at radius 1 is 1.43 bits per heavy atom. The van der Waals surface area contributed by atoms with Crippen molar-refractivity contribution in [1.82, 2.24) is 10.2 Å². The van der Waals surface area contributed by atoms with E-state index in [9.17, 15) is 4.79 Å². The van der Waals surface area contributed by atoms with E-state index < -0.39 is 5.54 Å². The fourth-order valence-electron chi connectivity index (χ4n) is 3.28. The summed E-state index contributed by atoms with van der Waals surface area (Å²) in [7, 11) is 5.46. The van der Waals surface area contributed by atoms with Gasteiger partial charge in [0.1, 0.15) is 5.54 Å². The number of rotatable bonds is 9. The molecule has 2 unspecified atom stereocenters. The molecule has 1 saturated carbocycles. The number of carbonyl (C=O) groups is 1. The third-order valence-corrected chi connectivity index (χ3v) is 4.60. The first kappa shape index (κ1) is 18.4. The summed E-state index contributed by atoms with van der Waals surface area (Å²) in [5.41, 5.74) is -0.482. The zero-order valence-electron chi connectivity index (χ0n) is 14.3. The second kappa shape index (κ2) is 8.71. The summed E-state index contributed by atoms with van der Waals surface area (Å²) in [4.78, 5) is 14.4. The average Bonchev–Trinajstić information content (AvgIpc) is 2.88. The number of nitrogens with one attached hydrogen (secondary N) is 1. The van der Waals surface area contributed by atoms with Gasteiger partial charge in [-0.1, -0.05) is 6.42 Å². The molecule has 1 rings (SSSR count). The smallest absolute Gasteiger partial charge is 0.326 e. The predicted octanol–water partition coefficient (Wildman–Crippen LogP) is 1.66. The van der Waals surface area contributed by atoms with E-state index in [2.05, 4.69) is 31.1 Å². The van der Waals surface area contributed by atoms with Gasteiger partial charge < -0.3 is 19.7 Å². The molecule has 5 heteroatoms. The second-order valence-electron chi connectivity index (χ2n) is 6.31. The maximum atomic E-state index is 12.2. The molecule has 0 aromatic rings. The van der Waals surface area contributed by atoms with E-state index in [1.54, 1.807) is 0 Å². The lowest BCUT2D eigenvalue weighted by Crippen LogP contribution is -2.54. The number of hydrogen-bond acceptors (Lipinski definition) is 5. The van der Waals surface area contributed by atoms with Gasteiger partial charge in [-0.25, -0.2) is 0 Å². The summed E-state index contributed by atoms with van der Waals surface area (Å²) < 4.78 is 10.6. The highest BCUT2D eigenvalue weighted by molar-refractivity contribution is 5.81. The molecule has 0 amide bonds. The highest BCUT2D eigenvalue weighted by atomic mass is 16.5. The third kappa shape index (κ3) is 4.94. The molecule has 2 atom stereocenters. The number of hydrogen-bond donors (Lipinski definition) is 1. The molecule has 124 valence electrons. The van der Waals surface area contributed by atoms with Gasteiger partial charge in [0, 0.05) is 6.54 Å². The standard InChI is InChI=1S/C16H32N2O3/c1-13(2)21-12-11-18(4)10-8-14-7-6-9-16(14,17-3)15(19)20-5/h13-14,17H,6-12H2,1-5H3. The quantitative estimate of drug-likeness (QED) is 0.656. The van der Waals surface area contributed by atoms with E-state index in [1.807, 2.05) is 7.05 Å². The number of ether oxygens (including phenoxy) is 2. The van der Waals surface area contributed by atoms with Crippen molar-refractivity contribution in [3.05, 3.63) is 0 Å². The lowest BCUT2D eigenvalue weighted by molar-refractivity contribution is -0.150. The highest BCUT2D eigenvalue weighted by Gasteiger charge is 2.48. The van der Waals surface area contributed by atoms with Crippen LogP contribution in [-0.2, 0) is 14.3 Å². The van der Waals surface area contributed by atoms with Crippen LogP contribution in [0.5, 0.6) is 0 Å². The molecule has 1 fully saturated rings. The lowest BCUT2D eigenvalue weighted by Gasteiger charge is -2.33. The van der Waals surface area contributed by atoms with Crippen LogP contribution in [0.15, 0.2) is 0 Å². The van der Waals surface area contributed by atoms with E-state index >= 15 is 0 Å². The SMILES string of the molecule is CNC1(C(=O)OC)CCCC1CCN(C)CCOC(C)C. The van der Waals surface area contributed by atoms with Crippen molar-refractivity contribution in [2.75, 3.05) is 40.9 Å². The highest BCUT2D eigenvalue weighted by Crippen LogP contribution is 2.38. The zero-order chi connectivity index (χ0) is 15.9. The van der Waals surface area contributed by atoms with Crippen molar-refractivity contribution in [2.45, 2.75) is 51.2 Å². The number of carbonyl (C=O) groups excluding carboxylic acids is 1. The maximum Gasteiger partial charge on any atom is 0.326 e. The van der Waals surface area contributed by atoms with Crippen LogP contribution in [0.4, 0.5) is 0 Å². The molecule has 21 heavy (non-hydrogen) atoms. The van der Waals surface area contributed by atoms with Crippen molar-refractivity contribution in [3.63, 3.8) is 0 Å². The molecule has 0 saturated heterocycles. The molecule has 0 aromatic heterocycles.